The van der Waals surface area contributed by atoms with E-state index in [0.29, 0.717) is 13.2 Å². The first kappa shape index (κ1) is 15.9. The van der Waals surface area contributed by atoms with Gasteiger partial charge in [-0.1, -0.05) is 30.3 Å². The second kappa shape index (κ2) is 7.49. The Labute approximate surface area is 129 Å². The van der Waals surface area contributed by atoms with Crippen molar-refractivity contribution in [1.29, 1.82) is 0 Å². The molecule has 0 saturated carbocycles. The van der Waals surface area contributed by atoms with Crippen LogP contribution in [0.5, 0.6) is 0 Å². The van der Waals surface area contributed by atoms with Crippen LogP contribution in [0.1, 0.15) is 12.5 Å². The molecule has 22 heavy (non-hydrogen) atoms. The van der Waals surface area contributed by atoms with Crippen LogP contribution in [0.2, 0.25) is 0 Å². The molecule has 0 fully saturated rings. The van der Waals surface area contributed by atoms with Crippen LogP contribution in [-0.2, 0) is 30.3 Å². The molecule has 0 N–H and O–H groups in total. The Morgan fingerprint density at radius 1 is 1.27 bits per heavy atom. The second-order valence-corrected chi connectivity index (χ2v) is 4.82. The summed E-state index contributed by atoms with van der Waals surface area (Å²) in [4.78, 5) is 25.8. The molecular formula is C16H19NO5. The fourth-order valence-electron chi connectivity index (χ4n) is 2.08. The molecule has 6 nitrogen and oxygen atoms in total. The number of hydrogen-bond acceptors (Lipinski definition) is 5. The lowest BCUT2D eigenvalue weighted by molar-refractivity contribution is -0.152. The molecule has 0 unspecified atom stereocenters. The normalized spacial score (nSPS) is 14.9. The van der Waals surface area contributed by atoms with E-state index in [4.69, 9.17) is 14.2 Å². The van der Waals surface area contributed by atoms with Gasteiger partial charge in [0.15, 0.2) is 0 Å². The maximum atomic E-state index is 12.6. The summed E-state index contributed by atoms with van der Waals surface area (Å²) in [5.74, 6) is -0.791. The first-order chi connectivity index (χ1) is 10.6. The number of benzene rings is 1. The third-order valence-corrected chi connectivity index (χ3v) is 3.33. The molecule has 1 atom stereocenters. The van der Waals surface area contributed by atoms with Gasteiger partial charge in [0.25, 0.3) is 5.91 Å². The van der Waals surface area contributed by atoms with Crippen LogP contribution in [0.3, 0.4) is 0 Å². The number of carbonyl (C=O) groups is 2. The van der Waals surface area contributed by atoms with Crippen LogP contribution in [0.4, 0.5) is 0 Å². The summed E-state index contributed by atoms with van der Waals surface area (Å²) in [5, 5.41) is 0. The molecule has 1 aromatic rings. The average Bonchev–Trinajstić information content (AvgIpc) is 2.59. The fraction of sp³-hybridized carbons (Fsp3) is 0.375. The molecule has 0 aromatic heterocycles. The highest BCUT2D eigenvalue weighted by atomic mass is 16.6. The van der Waals surface area contributed by atoms with Crippen molar-refractivity contribution in [1.82, 2.24) is 4.90 Å². The van der Waals surface area contributed by atoms with Crippen LogP contribution in [0.15, 0.2) is 42.4 Å². The fourth-order valence-corrected chi connectivity index (χ4v) is 2.08. The Kier molecular flexibility index (Phi) is 5.41. The second-order valence-electron chi connectivity index (χ2n) is 4.82. The molecular weight excluding hydrogens is 286 g/mol. The Hall–Kier alpha value is -2.50. The van der Waals surface area contributed by atoms with Crippen molar-refractivity contribution in [3.63, 3.8) is 0 Å². The summed E-state index contributed by atoms with van der Waals surface area (Å²) in [5.41, 5.74) is 0.906. The largest absolute Gasteiger partial charge is 0.494 e. The molecule has 1 aliphatic rings. The molecule has 1 aromatic carbocycles. The molecule has 0 bridgehead atoms. The summed E-state index contributed by atoms with van der Waals surface area (Å²) in [6, 6.07) is 8.68. The summed E-state index contributed by atoms with van der Waals surface area (Å²) in [6.45, 7) is 2.61. The Bertz CT molecular complexity index is 555. The summed E-state index contributed by atoms with van der Waals surface area (Å²) in [6.07, 6.45) is 1.29. The summed E-state index contributed by atoms with van der Waals surface area (Å²) >= 11 is 0. The van der Waals surface area contributed by atoms with Gasteiger partial charge in [0.1, 0.15) is 25.5 Å². The van der Waals surface area contributed by atoms with Gasteiger partial charge in [-0.3, -0.25) is 4.79 Å². The number of esters is 1. The lowest BCUT2D eigenvalue weighted by Gasteiger charge is -2.29. The van der Waals surface area contributed by atoms with Gasteiger partial charge in [0.2, 0.25) is 5.76 Å². The quantitative estimate of drug-likeness (QED) is 0.771. The van der Waals surface area contributed by atoms with E-state index in [1.54, 1.807) is 6.92 Å². The predicted molar refractivity (Wildman–Crippen MR) is 78.5 cm³/mol. The van der Waals surface area contributed by atoms with E-state index in [2.05, 4.69) is 0 Å². The lowest BCUT2D eigenvalue weighted by Crippen LogP contribution is -2.44. The predicted octanol–water partition coefficient (Wildman–Crippen LogP) is 1.46. The average molecular weight is 305 g/mol. The van der Waals surface area contributed by atoms with E-state index >= 15 is 0 Å². The van der Waals surface area contributed by atoms with Crippen LogP contribution < -0.4 is 0 Å². The maximum absolute atomic E-state index is 12.6. The first-order valence-electron chi connectivity index (χ1n) is 7.00. The highest BCUT2D eigenvalue weighted by Crippen LogP contribution is 2.16. The van der Waals surface area contributed by atoms with Gasteiger partial charge in [-0.15, -0.1) is 0 Å². The van der Waals surface area contributed by atoms with Gasteiger partial charge >= 0.3 is 5.97 Å². The van der Waals surface area contributed by atoms with Gasteiger partial charge < -0.3 is 19.1 Å². The minimum atomic E-state index is -0.732. The lowest BCUT2D eigenvalue weighted by atomic mass is 10.1. The first-order valence-corrected chi connectivity index (χ1v) is 7.00. The molecule has 118 valence electrons. The van der Waals surface area contributed by atoms with Crippen molar-refractivity contribution in [3.05, 3.63) is 47.9 Å². The monoisotopic (exact) mass is 305 g/mol. The third kappa shape index (κ3) is 3.78. The maximum Gasteiger partial charge on any atom is 0.328 e. The number of methoxy groups -OCH3 is 1. The molecule has 1 aliphatic heterocycles. The van der Waals surface area contributed by atoms with Gasteiger partial charge in [0, 0.05) is 6.54 Å². The number of nitrogens with zero attached hydrogens (tertiary/aromatic N) is 1. The molecule has 2 rings (SSSR count). The van der Waals surface area contributed by atoms with Gasteiger partial charge in [-0.25, -0.2) is 4.79 Å². The van der Waals surface area contributed by atoms with E-state index in [1.165, 1.54) is 18.3 Å². The highest BCUT2D eigenvalue weighted by Gasteiger charge is 2.30. The van der Waals surface area contributed by atoms with Gasteiger partial charge in [-0.05, 0) is 12.5 Å². The summed E-state index contributed by atoms with van der Waals surface area (Å²) in [7, 11) is 1.30. The molecule has 0 aliphatic carbocycles. The van der Waals surface area contributed by atoms with Crippen molar-refractivity contribution in [2.75, 3.05) is 20.3 Å². The standard InChI is InChI=1S/C16H19NO5/c1-12(16(19)20-2)17(10-13-6-4-3-5-7-13)15(18)14-11-21-8-9-22-14/h3-7,11-12H,8-10H2,1-2H3/t12-/m0/s1. The topological polar surface area (TPSA) is 65.1 Å². The number of amides is 1. The number of hydrogen-bond donors (Lipinski definition) is 0. The van der Waals surface area contributed by atoms with E-state index in [9.17, 15) is 9.59 Å². The minimum Gasteiger partial charge on any atom is -0.494 e. The van der Waals surface area contributed by atoms with Crippen molar-refractivity contribution in [3.8, 4) is 0 Å². The highest BCUT2D eigenvalue weighted by molar-refractivity contribution is 5.94. The molecule has 6 heteroatoms. The van der Waals surface area contributed by atoms with Crippen molar-refractivity contribution >= 4 is 11.9 Å². The van der Waals surface area contributed by atoms with E-state index in [0.717, 1.165) is 5.56 Å². The van der Waals surface area contributed by atoms with Crippen molar-refractivity contribution in [2.24, 2.45) is 0 Å². The Morgan fingerprint density at radius 2 is 2.00 bits per heavy atom. The molecule has 0 saturated heterocycles. The van der Waals surface area contributed by atoms with Gasteiger partial charge in [0.05, 0.1) is 7.11 Å². The molecule has 1 amide bonds. The van der Waals surface area contributed by atoms with Crippen LogP contribution in [0.25, 0.3) is 0 Å². The zero-order chi connectivity index (χ0) is 15.9. The number of ether oxygens (including phenoxy) is 3. The zero-order valence-electron chi connectivity index (χ0n) is 12.7. The summed E-state index contributed by atoms with van der Waals surface area (Å²) < 4.78 is 15.2. The smallest absolute Gasteiger partial charge is 0.328 e. The Morgan fingerprint density at radius 3 is 2.59 bits per heavy atom. The van der Waals surface area contributed by atoms with Crippen molar-refractivity contribution < 1.29 is 23.8 Å². The molecule has 1 heterocycles. The van der Waals surface area contributed by atoms with Crippen molar-refractivity contribution in [2.45, 2.75) is 19.5 Å². The SMILES string of the molecule is COC(=O)[C@H](C)N(Cc1ccccc1)C(=O)C1=COCCO1. The van der Waals surface area contributed by atoms with Crippen LogP contribution in [-0.4, -0.2) is 43.1 Å². The zero-order valence-corrected chi connectivity index (χ0v) is 12.7. The van der Waals surface area contributed by atoms with Gasteiger partial charge in [-0.2, -0.15) is 0 Å². The van der Waals surface area contributed by atoms with Crippen LogP contribution in [0, 0.1) is 0 Å². The van der Waals surface area contributed by atoms with E-state index in [-0.39, 0.29) is 12.3 Å². The minimum absolute atomic E-state index is 0.0953. The van der Waals surface area contributed by atoms with E-state index < -0.39 is 17.9 Å². The molecule has 0 spiro atoms. The number of rotatable bonds is 5. The molecule has 0 radical (unpaired) electrons. The number of carbonyl (C=O) groups excluding carboxylic acids is 2. The van der Waals surface area contributed by atoms with Crippen LogP contribution >= 0.6 is 0 Å². The van der Waals surface area contributed by atoms with E-state index in [1.807, 2.05) is 30.3 Å². The third-order valence-electron chi connectivity index (χ3n) is 3.33. The Balaban J connectivity index is 2.22.